The van der Waals surface area contributed by atoms with E-state index in [1.54, 1.807) is 12.5 Å². The molecule has 0 aromatic carbocycles. The SMILES string of the molecule is CN(CCNCc1cnc[nH]1)CC(F)(F)F. The second-order valence-corrected chi connectivity index (χ2v) is 3.61. The van der Waals surface area contributed by atoms with Crippen molar-refractivity contribution in [2.75, 3.05) is 26.7 Å². The van der Waals surface area contributed by atoms with Crippen LogP contribution in [0.2, 0.25) is 0 Å². The van der Waals surface area contributed by atoms with Gasteiger partial charge < -0.3 is 10.3 Å². The molecule has 1 rings (SSSR count). The van der Waals surface area contributed by atoms with E-state index in [4.69, 9.17) is 0 Å². The first kappa shape index (κ1) is 13.0. The smallest absolute Gasteiger partial charge is 0.347 e. The highest BCUT2D eigenvalue weighted by Gasteiger charge is 2.28. The summed E-state index contributed by atoms with van der Waals surface area (Å²) in [5, 5.41) is 3.02. The number of halogens is 3. The number of aromatic nitrogens is 2. The summed E-state index contributed by atoms with van der Waals surface area (Å²) < 4.78 is 35.9. The predicted molar refractivity (Wildman–Crippen MR) is 53.8 cm³/mol. The molecule has 4 nitrogen and oxygen atoms in total. The number of rotatable bonds is 6. The highest BCUT2D eigenvalue weighted by atomic mass is 19.4. The molecule has 0 bridgehead atoms. The van der Waals surface area contributed by atoms with Crippen LogP contribution in [0.5, 0.6) is 0 Å². The van der Waals surface area contributed by atoms with Crippen molar-refractivity contribution in [1.29, 1.82) is 0 Å². The molecule has 0 saturated heterocycles. The van der Waals surface area contributed by atoms with Gasteiger partial charge in [0.25, 0.3) is 0 Å². The lowest BCUT2D eigenvalue weighted by Gasteiger charge is -2.18. The van der Waals surface area contributed by atoms with Crippen molar-refractivity contribution in [2.24, 2.45) is 0 Å². The summed E-state index contributed by atoms with van der Waals surface area (Å²) in [5.41, 5.74) is 0.915. The number of aromatic amines is 1. The normalized spacial score (nSPS) is 12.3. The van der Waals surface area contributed by atoms with Crippen molar-refractivity contribution in [3.63, 3.8) is 0 Å². The molecule has 0 amide bonds. The third kappa shape index (κ3) is 5.72. The van der Waals surface area contributed by atoms with E-state index in [1.807, 2.05) is 0 Å². The summed E-state index contributed by atoms with van der Waals surface area (Å²) >= 11 is 0. The molecule has 92 valence electrons. The Bertz CT molecular complexity index is 283. The second-order valence-electron chi connectivity index (χ2n) is 3.61. The molecule has 0 radical (unpaired) electrons. The maximum atomic E-state index is 12.0. The average Bonchev–Trinajstić information content (AvgIpc) is 2.62. The Morgan fingerprint density at radius 1 is 1.50 bits per heavy atom. The second kappa shape index (κ2) is 5.86. The van der Waals surface area contributed by atoms with Gasteiger partial charge in [0.1, 0.15) is 0 Å². The Morgan fingerprint density at radius 3 is 2.81 bits per heavy atom. The maximum absolute atomic E-state index is 12.0. The van der Waals surface area contributed by atoms with Gasteiger partial charge in [-0.05, 0) is 7.05 Å². The largest absolute Gasteiger partial charge is 0.401 e. The molecular formula is C9H15F3N4. The van der Waals surface area contributed by atoms with Crippen LogP contribution in [0.3, 0.4) is 0 Å². The zero-order valence-corrected chi connectivity index (χ0v) is 9.01. The van der Waals surface area contributed by atoms with E-state index in [0.29, 0.717) is 19.6 Å². The molecule has 0 aliphatic rings. The fourth-order valence-corrected chi connectivity index (χ4v) is 1.26. The van der Waals surface area contributed by atoms with Gasteiger partial charge in [-0.15, -0.1) is 0 Å². The van der Waals surface area contributed by atoms with E-state index in [-0.39, 0.29) is 0 Å². The third-order valence-corrected chi connectivity index (χ3v) is 1.99. The first-order chi connectivity index (χ1) is 7.47. The predicted octanol–water partition coefficient (Wildman–Crippen LogP) is 0.993. The Balaban J connectivity index is 2.07. The van der Waals surface area contributed by atoms with Crippen molar-refractivity contribution >= 4 is 0 Å². The minimum atomic E-state index is -4.13. The summed E-state index contributed by atoms with van der Waals surface area (Å²) in [4.78, 5) is 7.96. The zero-order valence-electron chi connectivity index (χ0n) is 9.01. The number of hydrogen-bond donors (Lipinski definition) is 2. The quantitative estimate of drug-likeness (QED) is 0.724. The van der Waals surface area contributed by atoms with Gasteiger partial charge in [-0.1, -0.05) is 0 Å². The number of nitrogens with zero attached hydrogens (tertiary/aromatic N) is 2. The Morgan fingerprint density at radius 2 is 2.25 bits per heavy atom. The molecule has 0 atom stereocenters. The summed E-state index contributed by atoms with van der Waals surface area (Å²) in [5.74, 6) is 0. The molecule has 1 aromatic heterocycles. The minimum Gasteiger partial charge on any atom is -0.347 e. The lowest BCUT2D eigenvalue weighted by Crippen LogP contribution is -2.35. The molecule has 2 N–H and O–H groups in total. The molecule has 1 aromatic rings. The van der Waals surface area contributed by atoms with E-state index in [9.17, 15) is 13.2 Å². The van der Waals surface area contributed by atoms with Crippen molar-refractivity contribution in [3.8, 4) is 0 Å². The lowest BCUT2D eigenvalue weighted by molar-refractivity contribution is -0.142. The molecule has 1 heterocycles. The monoisotopic (exact) mass is 236 g/mol. The first-order valence-corrected chi connectivity index (χ1v) is 4.90. The lowest BCUT2D eigenvalue weighted by atomic mass is 10.4. The van der Waals surface area contributed by atoms with Crippen molar-refractivity contribution in [3.05, 3.63) is 18.2 Å². The molecule has 16 heavy (non-hydrogen) atoms. The van der Waals surface area contributed by atoms with Crippen molar-refractivity contribution < 1.29 is 13.2 Å². The third-order valence-electron chi connectivity index (χ3n) is 1.99. The van der Waals surface area contributed by atoms with E-state index in [1.165, 1.54) is 11.9 Å². The van der Waals surface area contributed by atoms with Crippen molar-refractivity contribution in [2.45, 2.75) is 12.7 Å². The summed E-state index contributed by atoms with van der Waals surface area (Å²) in [6, 6.07) is 0. The van der Waals surface area contributed by atoms with Crippen LogP contribution in [0.25, 0.3) is 0 Å². The van der Waals surface area contributed by atoms with Crippen LogP contribution < -0.4 is 5.32 Å². The highest BCUT2D eigenvalue weighted by Crippen LogP contribution is 2.14. The topological polar surface area (TPSA) is 44.0 Å². The van der Waals surface area contributed by atoms with Gasteiger partial charge in [0.05, 0.1) is 12.9 Å². The summed E-state index contributed by atoms with van der Waals surface area (Å²) in [7, 11) is 1.45. The minimum absolute atomic E-state index is 0.355. The van der Waals surface area contributed by atoms with Gasteiger partial charge >= 0.3 is 6.18 Å². The maximum Gasteiger partial charge on any atom is 0.401 e. The van der Waals surface area contributed by atoms with E-state index in [2.05, 4.69) is 15.3 Å². The van der Waals surface area contributed by atoms with E-state index in [0.717, 1.165) is 5.69 Å². The molecular weight excluding hydrogens is 221 g/mol. The average molecular weight is 236 g/mol. The van der Waals surface area contributed by atoms with Crippen molar-refractivity contribution in [1.82, 2.24) is 20.2 Å². The summed E-state index contributed by atoms with van der Waals surface area (Å²) in [6.45, 7) is 0.567. The number of alkyl halides is 3. The molecule has 0 unspecified atom stereocenters. The van der Waals surface area contributed by atoms with Crippen LogP contribution >= 0.6 is 0 Å². The Hall–Kier alpha value is -1.08. The van der Waals surface area contributed by atoms with Gasteiger partial charge in [0.2, 0.25) is 0 Å². The summed E-state index contributed by atoms with van der Waals surface area (Å²) in [6.07, 6.45) is -0.892. The molecule has 7 heteroatoms. The Kier molecular flexibility index (Phi) is 4.75. The van der Waals surface area contributed by atoms with Gasteiger partial charge in [0, 0.05) is 31.5 Å². The van der Waals surface area contributed by atoms with Gasteiger partial charge in [0.15, 0.2) is 0 Å². The van der Waals surface area contributed by atoms with Crippen LogP contribution in [-0.2, 0) is 6.54 Å². The molecule has 0 saturated carbocycles. The van der Waals surface area contributed by atoms with E-state index >= 15 is 0 Å². The van der Waals surface area contributed by atoms with Gasteiger partial charge in [-0.3, -0.25) is 4.90 Å². The number of likely N-dealkylation sites (N-methyl/N-ethyl adjacent to an activating group) is 1. The molecule has 0 aliphatic carbocycles. The molecule has 0 aliphatic heterocycles. The highest BCUT2D eigenvalue weighted by molar-refractivity contribution is 4.92. The van der Waals surface area contributed by atoms with Gasteiger partial charge in [-0.25, -0.2) is 4.98 Å². The number of nitrogens with one attached hydrogen (secondary N) is 2. The van der Waals surface area contributed by atoms with Crippen LogP contribution in [0, 0.1) is 0 Å². The van der Waals surface area contributed by atoms with Crippen LogP contribution in [0.1, 0.15) is 5.69 Å². The fraction of sp³-hybridized carbons (Fsp3) is 0.667. The van der Waals surface area contributed by atoms with Crippen LogP contribution in [0.15, 0.2) is 12.5 Å². The number of hydrogen-bond acceptors (Lipinski definition) is 3. The standard InChI is InChI=1S/C9H15F3N4/c1-16(6-9(10,11)12)3-2-13-4-8-5-14-7-15-8/h5,7,13H,2-4,6H2,1H3,(H,14,15). The first-order valence-electron chi connectivity index (χ1n) is 4.90. The van der Waals surface area contributed by atoms with Gasteiger partial charge in [-0.2, -0.15) is 13.2 Å². The number of imidazole rings is 1. The number of H-pyrrole nitrogens is 1. The molecule has 0 spiro atoms. The van der Waals surface area contributed by atoms with Crippen LogP contribution in [0.4, 0.5) is 13.2 Å². The zero-order chi connectivity index (χ0) is 12.0. The fourth-order valence-electron chi connectivity index (χ4n) is 1.26. The molecule has 0 fully saturated rings. The Labute approximate surface area is 91.9 Å². The van der Waals surface area contributed by atoms with Crippen LogP contribution in [-0.4, -0.2) is 47.7 Å². The van der Waals surface area contributed by atoms with E-state index < -0.39 is 12.7 Å².